The van der Waals surface area contributed by atoms with E-state index in [0.29, 0.717) is 0 Å². The highest BCUT2D eigenvalue weighted by molar-refractivity contribution is 5.85. The molecule has 0 amide bonds. The fraction of sp³-hybridized carbons (Fsp3) is 1.00. The summed E-state index contributed by atoms with van der Waals surface area (Å²) in [5, 5.41) is 6.22. The Morgan fingerprint density at radius 3 is 0.700 bits per heavy atom. The van der Waals surface area contributed by atoms with E-state index in [1.54, 1.807) is 0 Å². The average Bonchev–Trinajstić information content (AvgIpc) is 1.12. The molecule has 2 heterocycles. The van der Waals surface area contributed by atoms with E-state index >= 15 is 0 Å². The molecule has 2 fully saturated rings. The van der Waals surface area contributed by atoms with Crippen molar-refractivity contribution in [2.75, 3.05) is 26.2 Å². The van der Waals surface area contributed by atoms with Gasteiger partial charge in [0.2, 0.25) is 0 Å². The van der Waals surface area contributed by atoms with Crippen LogP contribution in [0.4, 0.5) is 0 Å². The van der Waals surface area contributed by atoms with Gasteiger partial charge in [0.1, 0.15) is 0 Å². The van der Waals surface area contributed by atoms with Crippen molar-refractivity contribution in [2.45, 2.75) is 12.8 Å². The molecule has 0 aliphatic carbocycles. The van der Waals surface area contributed by atoms with Crippen molar-refractivity contribution in [1.29, 1.82) is 0 Å². The average molecular weight is 187 g/mol. The summed E-state index contributed by atoms with van der Waals surface area (Å²) in [7, 11) is 0. The molecule has 64 valence electrons. The number of rotatable bonds is 0. The smallest absolute Gasteiger partial charge is 0.00368 e. The lowest BCUT2D eigenvalue weighted by Crippen LogP contribution is -2.29. The quantitative estimate of drug-likeness (QED) is 0.586. The molecule has 4 heteroatoms. The monoisotopic (exact) mass is 186 g/mol. The molecule has 0 atom stereocenters. The third-order valence-electron chi connectivity index (χ3n) is 1.41. The lowest BCUT2D eigenvalue weighted by molar-refractivity contribution is 0.527. The highest BCUT2D eigenvalue weighted by Crippen LogP contribution is 1.81. The zero-order valence-electron chi connectivity index (χ0n) is 6.06. The highest BCUT2D eigenvalue weighted by atomic mass is 35.5. The van der Waals surface area contributed by atoms with Gasteiger partial charge >= 0.3 is 0 Å². The molecule has 10 heavy (non-hydrogen) atoms. The van der Waals surface area contributed by atoms with Crippen LogP contribution in [0.2, 0.25) is 0 Å². The Bertz CT molecular complexity index is 37.7. The Morgan fingerprint density at radius 1 is 0.600 bits per heavy atom. The molecule has 0 aromatic carbocycles. The predicted octanol–water partition coefficient (Wildman–Crippen LogP) is 0.803. The lowest BCUT2D eigenvalue weighted by atomic mass is 10.3. The lowest BCUT2D eigenvalue weighted by Gasteiger charge is -2.09. The number of hydrogen-bond donors (Lipinski definition) is 2. The molecule has 0 aromatic rings. The molecule has 2 saturated heterocycles. The fourth-order valence-electron chi connectivity index (χ4n) is 0.354. The van der Waals surface area contributed by atoms with Gasteiger partial charge in [0.25, 0.3) is 0 Å². The second-order valence-corrected chi connectivity index (χ2v) is 2.21. The molecule has 0 radical (unpaired) electrons. The minimum Gasteiger partial charge on any atom is -0.317 e. The van der Waals surface area contributed by atoms with Crippen LogP contribution in [0.5, 0.6) is 0 Å². The van der Waals surface area contributed by atoms with Crippen LogP contribution in [0.1, 0.15) is 12.8 Å². The number of nitrogens with one attached hydrogen (secondary N) is 2. The minimum atomic E-state index is 0. The van der Waals surface area contributed by atoms with Gasteiger partial charge in [-0.3, -0.25) is 0 Å². The molecule has 2 rings (SSSR count). The van der Waals surface area contributed by atoms with Crippen LogP contribution in [-0.4, -0.2) is 26.2 Å². The largest absolute Gasteiger partial charge is 0.317 e. The van der Waals surface area contributed by atoms with Crippen molar-refractivity contribution >= 4 is 24.8 Å². The second-order valence-electron chi connectivity index (χ2n) is 2.21. The maximum Gasteiger partial charge on any atom is -0.00368 e. The van der Waals surface area contributed by atoms with Gasteiger partial charge < -0.3 is 10.6 Å². The molecule has 2 nitrogen and oxygen atoms in total. The Balaban J connectivity index is 0. The van der Waals surface area contributed by atoms with Gasteiger partial charge in [0.15, 0.2) is 0 Å². The highest BCUT2D eigenvalue weighted by Gasteiger charge is 1.92. The summed E-state index contributed by atoms with van der Waals surface area (Å²) in [4.78, 5) is 0. The molecule has 2 aliphatic rings. The summed E-state index contributed by atoms with van der Waals surface area (Å²) >= 11 is 0. The summed E-state index contributed by atoms with van der Waals surface area (Å²) in [6.45, 7) is 5.00. The third kappa shape index (κ3) is 6.62. The molecular formula is C6H16Cl2N2. The van der Waals surface area contributed by atoms with Gasteiger partial charge in [0.05, 0.1) is 0 Å². The normalized spacial score (nSPS) is 19.2. The van der Waals surface area contributed by atoms with Crippen LogP contribution in [0.25, 0.3) is 0 Å². The van der Waals surface area contributed by atoms with Crippen molar-refractivity contribution in [3.63, 3.8) is 0 Å². The molecule has 0 bridgehead atoms. The van der Waals surface area contributed by atoms with Gasteiger partial charge in [-0.15, -0.1) is 24.8 Å². The van der Waals surface area contributed by atoms with E-state index in [4.69, 9.17) is 0 Å². The zero-order chi connectivity index (χ0) is 5.66. The van der Waals surface area contributed by atoms with Crippen LogP contribution >= 0.6 is 24.8 Å². The standard InChI is InChI=1S/2C3H7N.2ClH/c2*1-2-4-3-1;;/h2*4H,1-3H2;2*1H. The van der Waals surface area contributed by atoms with E-state index in [9.17, 15) is 0 Å². The zero-order valence-corrected chi connectivity index (χ0v) is 7.69. The molecule has 0 spiro atoms. The van der Waals surface area contributed by atoms with Gasteiger partial charge in [-0.05, 0) is 39.0 Å². The molecule has 0 saturated carbocycles. The summed E-state index contributed by atoms with van der Waals surface area (Å²) in [6.07, 6.45) is 2.78. The summed E-state index contributed by atoms with van der Waals surface area (Å²) < 4.78 is 0. The molecule has 0 unspecified atom stereocenters. The Morgan fingerprint density at radius 2 is 0.700 bits per heavy atom. The van der Waals surface area contributed by atoms with Crippen molar-refractivity contribution in [3.05, 3.63) is 0 Å². The molecule has 0 aromatic heterocycles. The number of hydrogen-bond acceptors (Lipinski definition) is 2. The van der Waals surface area contributed by atoms with Crippen LogP contribution in [-0.2, 0) is 0 Å². The van der Waals surface area contributed by atoms with Crippen LogP contribution < -0.4 is 10.6 Å². The van der Waals surface area contributed by atoms with Crippen molar-refractivity contribution in [2.24, 2.45) is 0 Å². The number of halogens is 2. The summed E-state index contributed by atoms with van der Waals surface area (Å²) in [5.41, 5.74) is 0. The van der Waals surface area contributed by atoms with E-state index in [2.05, 4.69) is 10.6 Å². The van der Waals surface area contributed by atoms with Crippen molar-refractivity contribution < 1.29 is 0 Å². The summed E-state index contributed by atoms with van der Waals surface area (Å²) in [6, 6.07) is 0. The molecule has 2 N–H and O–H groups in total. The third-order valence-corrected chi connectivity index (χ3v) is 1.41. The molecular weight excluding hydrogens is 171 g/mol. The van der Waals surface area contributed by atoms with E-state index in [1.165, 1.54) is 39.0 Å². The maximum absolute atomic E-state index is 3.11. The van der Waals surface area contributed by atoms with Crippen LogP contribution in [0.3, 0.4) is 0 Å². The van der Waals surface area contributed by atoms with E-state index in [-0.39, 0.29) is 24.8 Å². The first-order valence-electron chi connectivity index (χ1n) is 3.41. The molecule has 2 aliphatic heterocycles. The van der Waals surface area contributed by atoms with E-state index in [1.807, 2.05) is 0 Å². The first-order chi connectivity index (χ1) is 4.00. The Labute approximate surface area is 75.0 Å². The fourth-order valence-corrected chi connectivity index (χ4v) is 0.354. The van der Waals surface area contributed by atoms with Crippen LogP contribution in [0.15, 0.2) is 0 Å². The second kappa shape index (κ2) is 9.50. The minimum absolute atomic E-state index is 0. The first-order valence-corrected chi connectivity index (χ1v) is 3.41. The predicted molar refractivity (Wildman–Crippen MR) is 49.5 cm³/mol. The van der Waals surface area contributed by atoms with Gasteiger partial charge in [-0.25, -0.2) is 0 Å². The van der Waals surface area contributed by atoms with E-state index < -0.39 is 0 Å². The van der Waals surface area contributed by atoms with Gasteiger partial charge in [-0.2, -0.15) is 0 Å². The SMILES string of the molecule is C1CNC1.C1CNC1.Cl.Cl. The van der Waals surface area contributed by atoms with Crippen molar-refractivity contribution in [1.82, 2.24) is 10.6 Å². The van der Waals surface area contributed by atoms with Crippen molar-refractivity contribution in [3.8, 4) is 0 Å². The topological polar surface area (TPSA) is 24.1 Å². The van der Waals surface area contributed by atoms with Gasteiger partial charge in [-0.1, -0.05) is 0 Å². The van der Waals surface area contributed by atoms with Gasteiger partial charge in [0, 0.05) is 0 Å². The Hall–Kier alpha value is 0.500. The maximum atomic E-state index is 3.11. The van der Waals surface area contributed by atoms with E-state index in [0.717, 1.165) is 0 Å². The Kier molecular flexibility index (Phi) is 12.5. The van der Waals surface area contributed by atoms with Crippen LogP contribution in [0, 0.1) is 0 Å². The summed E-state index contributed by atoms with van der Waals surface area (Å²) in [5.74, 6) is 0. The first kappa shape index (κ1) is 13.1.